The summed E-state index contributed by atoms with van der Waals surface area (Å²) in [6.07, 6.45) is 1.45. The molecule has 5 nitrogen and oxygen atoms in total. The molecule has 60 valence electrons. The van der Waals surface area contributed by atoms with Crippen LogP contribution in [0, 0.1) is 0 Å². The highest BCUT2D eigenvalue weighted by Crippen LogP contribution is 1.93. The molecule has 0 N–H and O–H groups in total. The molecule has 0 bridgehead atoms. The summed E-state index contributed by atoms with van der Waals surface area (Å²) in [6, 6.07) is 0. The van der Waals surface area contributed by atoms with Crippen molar-refractivity contribution in [2.45, 2.75) is 6.92 Å². The first-order valence-electron chi connectivity index (χ1n) is 3.26. The van der Waals surface area contributed by atoms with Crippen LogP contribution in [-0.2, 0) is 11.8 Å². The van der Waals surface area contributed by atoms with E-state index in [-0.39, 0.29) is 5.82 Å². The largest absolute Gasteiger partial charge is 0.460 e. The molecule has 1 heterocycles. The summed E-state index contributed by atoms with van der Waals surface area (Å²) in [5.41, 5.74) is 0. The smallest absolute Gasteiger partial charge is 0.376 e. The molecule has 0 aliphatic carbocycles. The number of ether oxygens (including phenoxy) is 1. The highest BCUT2D eigenvalue weighted by Gasteiger charge is 2.11. The van der Waals surface area contributed by atoms with Gasteiger partial charge in [0.15, 0.2) is 0 Å². The van der Waals surface area contributed by atoms with E-state index >= 15 is 0 Å². The van der Waals surface area contributed by atoms with Crippen molar-refractivity contribution < 1.29 is 9.53 Å². The number of aryl methyl sites for hydroxylation is 1. The predicted molar refractivity (Wildman–Crippen MR) is 37.0 cm³/mol. The molecule has 1 aromatic heterocycles. The molecule has 5 heteroatoms. The molecule has 0 saturated heterocycles. The summed E-state index contributed by atoms with van der Waals surface area (Å²) >= 11 is 0. The zero-order chi connectivity index (χ0) is 8.27. The zero-order valence-corrected chi connectivity index (χ0v) is 6.44. The molecule has 0 fully saturated rings. The van der Waals surface area contributed by atoms with E-state index in [1.165, 1.54) is 10.9 Å². The first-order chi connectivity index (χ1) is 5.25. The molecule has 0 spiro atoms. The standard InChI is InChI=1S/C6H9N3O2/c1-3-11-6(10)5-8-7-4-9(5)2/h4H,3H2,1-2H3. The molecule has 0 radical (unpaired) electrons. The third-order valence-electron chi connectivity index (χ3n) is 1.17. The lowest BCUT2D eigenvalue weighted by Gasteiger charge is -1.98. The van der Waals surface area contributed by atoms with Gasteiger partial charge in [-0.2, -0.15) is 0 Å². The van der Waals surface area contributed by atoms with Crippen molar-refractivity contribution in [3.63, 3.8) is 0 Å². The number of carbonyl (C=O) groups is 1. The first kappa shape index (κ1) is 7.71. The molecule has 0 aromatic carbocycles. The predicted octanol–water partition coefficient (Wildman–Crippen LogP) is -0.00820. The van der Waals surface area contributed by atoms with Gasteiger partial charge >= 0.3 is 5.97 Å². The second kappa shape index (κ2) is 3.14. The molecule has 0 unspecified atom stereocenters. The van der Waals surface area contributed by atoms with E-state index in [1.807, 2.05) is 0 Å². The van der Waals surface area contributed by atoms with Gasteiger partial charge in [0.1, 0.15) is 6.33 Å². The highest BCUT2D eigenvalue weighted by molar-refractivity contribution is 5.85. The second-order valence-corrected chi connectivity index (χ2v) is 1.99. The van der Waals surface area contributed by atoms with Crippen LogP contribution >= 0.6 is 0 Å². The van der Waals surface area contributed by atoms with Crippen molar-refractivity contribution in [3.8, 4) is 0 Å². The maximum absolute atomic E-state index is 11.0. The van der Waals surface area contributed by atoms with Crippen molar-refractivity contribution in [2.75, 3.05) is 6.61 Å². The van der Waals surface area contributed by atoms with E-state index in [9.17, 15) is 4.79 Å². The maximum atomic E-state index is 11.0. The summed E-state index contributed by atoms with van der Waals surface area (Å²) in [5, 5.41) is 7.11. The van der Waals surface area contributed by atoms with Crippen LogP contribution in [0.4, 0.5) is 0 Å². The molecule has 0 atom stereocenters. The quantitative estimate of drug-likeness (QED) is 0.564. The van der Waals surface area contributed by atoms with Crippen LogP contribution in [0.5, 0.6) is 0 Å². The zero-order valence-electron chi connectivity index (χ0n) is 6.44. The number of nitrogens with zero attached hydrogens (tertiary/aromatic N) is 3. The van der Waals surface area contributed by atoms with Crippen LogP contribution in [0.1, 0.15) is 17.5 Å². The van der Waals surface area contributed by atoms with Crippen LogP contribution in [0.3, 0.4) is 0 Å². The summed E-state index contributed by atoms with van der Waals surface area (Å²) < 4.78 is 6.22. The fraction of sp³-hybridized carbons (Fsp3) is 0.500. The van der Waals surface area contributed by atoms with Gasteiger partial charge in [0.05, 0.1) is 6.61 Å². The number of rotatable bonds is 2. The molecule has 1 aromatic rings. The SMILES string of the molecule is CCOC(=O)c1nncn1C. The van der Waals surface area contributed by atoms with Gasteiger partial charge < -0.3 is 9.30 Å². The Bertz CT molecular complexity index is 256. The van der Waals surface area contributed by atoms with Gasteiger partial charge in [-0.15, -0.1) is 10.2 Å². The minimum Gasteiger partial charge on any atom is -0.460 e. The minimum absolute atomic E-state index is 0.229. The van der Waals surface area contributed by atoms with Gasteiger partial charge in [-0.3, -0.25) is 0 Å². The van der Waals surface area contributed by atoms with E-state index in [0.717, 1.165) is 0 Å². The number of carbonyl (C=O) groups excluding carboxylic acids is 1. The number of hydrogen-bond donors (Lipinski definition) is 0. The summed E-state index contributed by atoms with van der Waals surface area (Å²) in [7, 11) is 1.69. The molecular weight excluding hydrogens is 146 g/mol. The fourth-order valence-electron chi connectivity index (χ4n) is 0.664. The molecule has 0 aliphatic heterocycles. The maximum Gasteiger partial charge on any atom is 0.376 e. The second-order valence-electron chi connectivity index (χ2n) is 1.99. The lowest BCUT2D eigenvalue weighted by atomic mass is 10.6. The third-order valence-corrected chi connectivity index (χ3v) is 1.17. The average Bonchev–Trinajstić information content (AvgIpc) is 2.36. The van der Waals surface area contributed by atoms with Gasteiger partial charge in [0.2, 0.25) is 5.82 Å². The Morgan fingerprint density at radius 3 is 3.00 bits per heavy atom. The Morgan fingerprint density at radius 2 is 2.55 bits per heavy atom. The molecule has 11 heavy (non-hydrogen) atoms. The van der Waals surface area contributed by atoms with Crippen molar-refractivity contribution in [1.82, 2.24) is 14.8 Å². The number of esters is 1. The van der Waals surface area contributed by atoms with Crippen LogP contribution in [0.2, 0.25) is 0 Å². The lowest BCUT2D eigenvalue weighted by molar-refractivity contribution is 0.0507. The van der Waals surface area contributed by atoms with Gasteiger partial charge in [-0.25, -0.2) is 4.79 Å². The van der Waals surface area contributed by atoms with Gasteiger partial charge in [-0.05, 0) is 6.92 Å². The summed E-state index contributed by atoms with van der Waals surface area (Å²) in [6.45, 7) is 2.10. The van der Waals surface area contributed by atoms with E-state index in [1.54, 1.807) is 14.0 Å². The summed E-state index contributed by atoms with van der Waals surface area (Å²) in [4.78, 5) is 11.0. The van der Waals surface area contributed by atoms with E-state index in [4.69, 9.17) is 4.74 Å². The van der Waals surface area contributed by atoms with E-state index < -0.39 is 5.97 Å². The third kappa shape index (κ3) is 1.54. The lowest BCUT2D eigenvalue weighted by Crippen LogP contribution is -2.10. The topological polar surface area (TPSA) is 57.0 Å². The van der Waals surface area contributed by atoms with Gasteiger partial charge in [-0.1, -0.05) is 0 Å². The van der Waals surface area contributed by atoms with Gasteiger partial charge in [0.25, 0.3) is 0 Å². The van der Waals surface area contributed by atoms with Crippen molar-refractivity contribution >= 4 is 5.97 Å². The normalized spacial score (nSPS) is 9.64. The monoisotopic (exact) mass is 155 g/mol. The average molecular weight is 155 g/mol. The van der Waals surface area contributed by atoms with E-state index in [0.29, 0.717) is 6.61 Å². The summed E-state index contributed by atoms with van der Waals surface area (Å²) in [5.74, 6) is -0.209. The fourth-order valence-corrected chi connectivity index (χ4v) is 0.664. The molecule has 1 rings (SSSR count). The Hall–Kier alpha value is -1.39. The van der Waals surface area contributed by atoms with Gasteiger partial charge in [0, 0.05) is 7.05 Å². The first-order valence-corrected chi connectivity index (χ1v) is 3.26. The van der Waals surface area contributed by atoms with Crippen molar-refractivity contribution in [3.05, 3.63) is 12.2 Å². The van der Waals surface area contributed by atoms with E-state index in [2.05, 4.69) is 10.2 Å². The van der Waals surface area contributed by atoms with Crippen LogP contribution in [0.25, 0.3) is 0 Å². The Kier molecular flexibility index (Phi) is 2.20. The Morgan fingerprint density at radius 1 is 1.82 bits per heavy atom. The molecule has 0 saturated carbocycles. The number of aromatic nitrogens is 3. The van der Waals surface area contributed by atoms with Crippen LogP contribution in [-0.4, -0.2) is 27.3 Å². The highest BCUT2D eigenvalue weighted by atomic mass is 16.5. The Labute approximate surface area is 64.0 Å². The minimum atomic E-state index is -0.438. The van der Waals surface area contributed by atoms with Crippen LogP contribution < -0.4 is 0 Å². The number of hydrogen-bond acceptors (Lipinski definition) is 4. The molecule has 0 amide bonds. The molecular formula is C6H9N3O2. The van der Waals surface area contributed by atoms with Crippen molar-refractivity contribution in [2.24, 2.45) is 7.05 Å². The van der Waals surface area contributed by atoms with Crippen LogP contribution in [0.15, 0.2) is 6.33 Å². The Balaban J connectivity index is 2.76. The molecule has 0 aliphatic rings. The van der Waals surface area contributed by atoms with Crippen molar-refractivity contribution in [1.29, 1.82) is 0 Å².